The van der Waals surface area contributed by atoms with E-state index in [2.05, 4.69) is 5.32 Å². The fraction of sp³-hybridized carbons (Fsp3) is 0.214. The van der Waals surface area contributed by atoms with Gasteiger partial charge in [0.15, 0.2) is 0 Å². The molecule has 0 aliphatic heterocycles. The molecule has 1 aromatic carbocycles. The number of hydrogen-bond donors (Lipinski definition) is 2. The van der Waals surface area contributed by atoms with Crippen molar-refractivity contribution in [2.24, 2.45) is 5.14 Å². The normalized spacial score (nSPS) is 12.3. The van der Waals surface area contributed by atoms with Gasteiger partial charge in [0.05, 0.1) is 18.0 Å². The number of sulfonamides is 2. The van der Waals surface area contributed by atoms with Gasteiger partial charge in [-0.25, -0.2) is 22.0 Å². The van der Waals surface area contributed by atoms with Crippen LogP contribution in [0.1, 0.15) is 4.88 Å². The molecule has 25 heavy (non-hydrogen) atoms. The summed E-state index contributed by atoms with van der Waals surface area (Å²) >= 11 is 0.944. The standard InChI is InChI=1S/C14H17N3O5S3/c1-17(25(21,22)12-5-3-2-4-6-12)10-13(18)16-9-11-7-8-14(23-11)24(15,19)20/h2-8H,9-10H2,1H3,(H,16,18)(H2,15,19,20). The van der Waals surface area contributed by atoms with Crippen LogP contribution in [0.4, 0.5) is 0 Å². The molecule has 11 heteroatoms. The van der Waals surface area contributed by atoms with Crippen molar-refractivity contribution in [3.63, 3.8) is 0 Å². The average molecular weight is 404 g/mol. The second-order valence-corrected chi connectivity index (χ2v) is 10.1. The second kappa shape index (κ2) is 7.62. The topological polar surface area (TPSA) is 127 Å². The molecule has 0 saturated carbocycles. The van der Waals surface area contributed by atoms with Gasteiger partial charge >= 0.3 is 0 Å². The molecule has 0 spiro atoms. The number of hydrogen-bond acceptors (Lipinski definition) is 6. The Hall–Kier alpha value is -1.79. The van der Waals surface area contributed by atoms with Crippen molar-refractivity contribution in [2.75, 3.05) is 13.6 Å². The average Bonchev–Trinajstić information content (AvgIpc) is 3.03. The Morgan fingerprint density at radius 1 is 1.12 bits per heavy atom. The van der Waals surface area contributed by atoms with Crippen molar-refractivity contribution < 1.29 is 21.6 Å². The molecule has 3 N–H and O–H groups in total. The summed E-state index contributed by atoms with van der Waals surface area (Å²) in [5, 5.41) is 7.56. The lowest BCUT2D eigenvalue weighted by atomic mass is 10.4. The Morgan fingerprint density at radius 3 is 2.32 bits per heavy atom. The fourth-order valence-electron chi connectivity index (χ4n) is 1.91. The number of nitrogens with zero attached hydrogens (tertiary/aromatic N) is 1. The summed E-state index contributed by atoms with van der Waals surface area (Å²) in [7, 11) is -6.21. The first-order valence-electron chi connectivity index (χ1n) is 7.00. The molecule has 8 nitrogen and oxygen atoms in total. The van der Waals surface area contributed by atoms with Gasteiger partial charge in [0.25, 0.3) is 0 Å². The Balaban J connectivity index is 1.95. The number of likely N-dealkylation sites (N-methyl/N-ethyl adjacent to an activating group) is 1. The van der Waals surface area contributed by atoms with Crippen LogP contribution >= 0.6 is 11.3 Å². The summed E-state index contributed by atoms with van der Waals surface area (Å²) in [6.07, 6.45) is 0. The summed E-state index contributed by atoms with van der Waals surface area (Å²) < 4.78 is 48.0. The Bertz CT molecular complexity index is 953. The highest BCUT2D eigenvalue weighted by Gasteiger charge is 2.22. The summed E-state index contributed by atoms with van der Waals surface area (Å²) in [6.45, 7) is -0.275. The molecule has 0 aliphatic carbocycles. The van der Waals surface area contributed by atoms with Gasteiger partial charge < -0.3 is 5.32 Å². The smallest absolute Gasteiger partial charge is 0.247 e. The number of carbonyl (C=O) groups is 1. The zero-order chi connectivity index (χ0) is 18.7. The largest absolute Gasteiger partial charge is 0.350 e. The number of rotatable bonds is 7. The van der Waals surface area contributed by atoms with Crippen LogP contribution in [-0.2, 0) is 31.4 Å². The van der Waals surface area contributed by atoms with E-state index in [1.165, 1.54) is 31.3 Å². The van der Waals surface area contributed by atoms with Gasteiger partial charge in [0, 0.05) is 11.9 Å². The summed E-state index contributed by atoms with van der Waals surface area (Å²) in [5.41, 5.74) is 0. The molecule has 0 radical (unpaired) electrons. The van der Waals surface area contributed by atoms with Gasteiger partial charge in [-0.05, 0) is 24.3 Å². The molecular formula is C14H17N3O5S3. The molecule has 1 amide bonds. The number of thiophene rings is 1. The van der Waals surface area contributed by atoms with E-state index in [0.717, 1.165) is 15.6 Å². The molecule has 0 atom stereocenters. The van der Waals surface area contributed by atoms with Crippen LogP contribution in [0, 0.1) is 0 Å². The maximum absolute atomic E-state index is 12.3. The van der Waals surface area contributed by atoms with Gasteiger partial charge in [-0.2, -0.15) is 4.31 Å². The first kappa shape index (κ1) is 19.5. The molecule has 2 aromatic rings. The van der Waals surface area contributed by atoms with Crippen LogP contribution in [0.3, 0.4) is 0 Å². The van der Waals surface area contributed by atoms with Crippen LogP contribution in [0.5, 0.6) is 0 Å². The Labute approximate surface area is 150 Å². The number of primary sulfonamides is 1. The van der Waals surface area contributed by atoms with E-state index in [9.17, 15) is 21.6 Å². The number of carbonyl (C=O) groups excluding carboxylic acids is 1. The molecule has 2 rings (SSSR count). The molecule has 0 saturated heterocycles. The molecule has 0 unspecified atom stereocenters. The van der Waals surface area contributed by atoms with E-state index in [-0.39, 0.29) is 22.2 Å². The van der Waals surface area contributed by atoms with Gasteiger partial charge in [0.1, 0.15) is 4.21 Å². The van der Waals surface area contributed by atoms with E-state index in [4.69, 9.17) is 5.14 Å². The van der Waals surface area contributed by atoms with Crippen molar-refractivity contribution in [1.29, 1.82) is 0 Å². The maximum atomic E-state index is 12.3. The lowest BCUT2D eigenvalue weighted by Crippen LogP contribution is -2.37. The van der Waals surface area contributed by atoms with Crippen molar-refractivity contribution in [3.8, 4) is 0 Å². The van der Waals surface area contributed by atoms with Crippen molar-refractivity contribution >= 4 is 37.3 Å². The predicted molar refractivity (Wildman–Crippen MR) is 93.8 cm³/mol. The monoisotopic (exact) mass is 403 g/mol. The van der Waals surface area contributed by atoms with Crippen LogP contribution in [-0.4, -0.2) is 40.6 Å². The van der Waals surface area contributed by atoms with Crippen LogP contribution < -0.4 is 10.5 Å². The van der Waals surface area contributed by atoms with E-state index in [0.29, 0.717) is 4.88 Å². The van der Waals surface area contributed by atoms with Gasteiger partial charge in [0.2, 0.25) is 26.0 Å². The third-order valence-corrected chi connectivity index (χ3v) is 7.54. The molecule has 0 aliphatic rings. The Morgan fingerprint density at radius 2 is 1.76 bits per heavy atom. The maximum Gasteiger partial charge on any atom is 0.247 e. The highest BCUT2D eigenvalue weighted by Crippen LogP contribution is 2.20. The zero-order valence-corrected chi connectivity index (χ0v) is 15.7. The molecule has 136 valence electrons. The molecular weight excluding hydrogens is 386 g/mol. The summed E-state index contributed by atoms with van der Waals surface area (Å²) in [5.74, 6) is -0.507. The minimum Gasteiger partial charge on any atom is -0.350 e. The number of benzene rings is 1. The van der Waals surface area contributed by atoms with E-state index < -0.39 is 26.0 Å². The minimum atomic E-state index is -3.77. The summed E-state index contributed by atoms with van der Waals surface area (Å²) in [4.78, 5) is 12.6. The minimum absolute atomic E-state index is 0.000484. The number of nitrogens with two attached hydrogens (primary N) is 1. The Kier molecular flexibility index (Phi) is 5.95. The highest BCUT2D eigenvalue weighted by molar-refractivity contribution is 7.91. The van der Waals surface area contributed by atoms with Crippen molar-refractivity contribution in [2.45, 2.75) is 15.6 Å². The summed E-state index contributed by atoms with van der Waals surface area (Å²) in [6, 6.07) is 10.7. The van der Waals surface area contributed by atoms with E-state index in [1.807, 2.05) is 0 Å². The van der Waals surface area contributed by atoms with E-state index >= 15 is 0 Å². The number of amides is 1. The second-order valence-electron chi connectivity index (χ2n) is 5.12. The first-order valence-corrected chi connectivity index (χ1v) is 10.8. The molecule has 0 bridgehead atoms. The SMILES string of the molecule is CN(CC(=O)NCc1ccc(S(N)(=O)=O)s1)S(=O)(=O)c1ccccc1. The lowest BCUT2D eigenvalue weighted by Gasteiger charge is -2.16. The highest BCUT2D eigenvalue weighted by atomic mass is 32.2. The predicted octanol–water partition coefficient (Wildman–Crippen LogP) is 0.332. The van der Waals surface area contributed by atoms with Crippen LogP contribution in [0.15, 0.2) is 51.6 Å². The third kappa shape index (κ3) is 5.09. The van der Waals surface area contributed by atoms with Crippen LogP contribution in [0.2, 0.25) is 0 Å². The van der Waals surface area contributed by atoms with Gasteiger partial charge in [-0.3, -0.25) is 4.79 Å². The van der Waals surface area contributed by atoms with Crippen molar-refractivity contribution in [3.05, 3.63) is 47.3 Å². The molecule has 0 fully saturated rings. The third-order valence-electron chi connectivity index (χ3n) is 3.19. The molecule has 1 aromatic heterocycles. The quantitative estimate of drug-likeness (QED) is 0.689. The van der Waals surface area contributed by atoms with Gasteiger partial charge in [-0.15, -0.1) is 11.3 Å². The molecule has 1 heterocycles. The number of nitrogens with one attached hydrogen (secondary N) is 1. The fourth-order valence-corrected chi connectivity index (χ4v) is 4.77. The zero-order valence-electron chi connectivity index (χ0n) is 13.2. The van der Waals surface area contributed by atoms with Crippen molar-refractivity contribution in [1.82, 2.24) is 9.62 Å². The first-order chi connectivity index (χ1) is 11.6. The lowest BCUT2D eigenvalue weighted by molar-refractivity contribution is -0.121. The van der Waals surface area contributed by atoms with Gasteiger partial charge in [-0.1, -0.05) is 18.2 Å². The van der Waals surface area contributed by atoms with E-state index in [1.54, 1.807) is 18.2 Å². The van der Waals surface area contributed by atoms with Crippen LogP contribution in [0.25, 0.3) is 0 Å².